The molecule has 0 amide bonds. The van der Waals surface area contributed by atoms with Gasteiger partial charge in [-0.15, -0.1) is 0 Å². The summed E-state index contributed by atoms with van der Waals surface area (Å²) in [5, 5.41) is 4.00. The monoisotopic (exact) mass is 293 g/mol. The Balaban J connectivity index is 2.28. The van der Waals surface area contributed by atoms with E-state index in [-0.39, 0.29) is 6.04 Å². The molecule has 1 heterocycles. The van der Waals surface area contributed by atoms with Crippen LogP contribution in [0.25, 0.3) is 0 Å². The summed E-state index contributed by atoms with van der Waals surface area (Å²) in [5.74, 6) is 1.86. The highest BCUT2D eigenvalue weighted by molar-refractivity contribution is 6.30. The largest absolute Gasteiger partial charge is 0.496 e. The lowest BCUT2D eigenvalue weighted by Gasteiger charge is -2.19. The predicted molar refractivity (Wildman–Crippen MR) is 81.4 cm³/mol. The Morgan fingerprint density at radius 3 is 2.90 bits per heavy atom. The molecule has 1 aromatic heterocycles. The van der Waals surface area contributed by atoms with Gasteiger partial charge in [-0.05, 0) is 26.1 Å². The SMILES string of the molecule is CCn1ccnc1CC(NC)c1ccc(Cl)cc1OC. The van der Waals surface area contributed by atoms with Crippen LogP contribution in [0.15, 0.2) is 30.6 Å². The average molecular weight is 294 g/mol. The summed E-state index contributed by atoms with van der Waals surface area (Å²) in [6, 6.07) is 5.86. The van der Waals surface area contributed by atoms with Crippen LogP contribution in [0.3, 0.4) is 0 Å². The van der Waals surface area contributed by atoms with Crippen LogP contribution in [-0.4, -0.2) is 23.7 Å². The van der Waals surface area contributed by atoms with Gasteiger partial charge < -0.3 is 14.6 Å². The summed E-state index contributed by atoms with van der Waals surface area (Å²) < 4.78 is 7.58. The molecule has 0 saturated heterocycles. The zero-order chi connectivity index (χ0) is 14.5. The van der Waals surface area contributed by atoms with Crippen molar-refractivity contribution in [3.63, 3.8) is 0 Å². The third-order valence-electron chi connectivity index (χ3n) is 3.45. The molecule has 20 heavy (non-hydrogen) atoms. The summed E-state index contributed by atoms with van der Waals surface area (Å²) in [4.78, 5) is 4.43. The maximum absolute atomic E-state index is 6.02. The molecule has 0 saturated carbocycles. The molecule has 5 heteroatoms. The fraction of sp³-hybridized carbons (Fsp3) is 0.400. The molecule has 4 nitrogen and oxygen atoms in total. The molecule has 1 aromatic carbocycles. The number of benzene rings is 1. The second-order valence-corrected chi connectivity index (χ2v) is 5.00. The molecular weight excluding hydrogens is 274 g/mol. The quantitative estimate of drug-likeness (QED) is 0.890. The summed E-state index contributed by atoms with van der Waals surface area (Å²) in [6.45, 7) is 3.03. The summed E-state index contributed by atoms with van der Waals surface area (Å²) in [5.41, 5.74) is 1.09. The van der Waals surface area contributed by atoms with Crippen molar-refractivity contribution in [1.82, 2.24) is 14.9 Å². The van der Waals surface area contributed by atoms with Gasteiger partial charge in [0.15, 0.2) is 0 Å². The molecule has 0 aliphatic heterocycles. The van der Waals surface area contributed by atoms with Crippen LogP contribution in [0.2, 0.25) is 5.02 Å². The van der Waals surface area contributed by atoms with Crippen LogP contribution in [-0.2, 0) is 13.0 Å². The number of hydrogen-bond donors (Lipinski definition) is 1. The molecule has 0 fully saturated rings. The van der Waals surface area contributed by atoms with Crippen molar-refractivity contribution < 1.29 is 4.74 Å². The molecule has 2 rings (SSSR count). The van der Waals surface area contributed by atoms with Crippen molar-refractivity contribution in [3.8, 4) is 5.75 Å². The zero-order valence-electron chi connectivity index (χ0n) is 12.1. The van der Waals surface area contributed by atoms with E-state index < -0.39 is 0 Å². The van der Waals surface area contributed by atoms with Crippen LogP contribution in [0.4, 0.5) is 0 Å². The molecule has 0 bridgehead atoms. The molecule has 1 atom stereocenters. The second kappa shape index (κ2) is 6.77. The fourth-order valence-electron chi connectivity index (χ4n) is 2.34. The van der Waals surface area contributed by atoms with Crippen molar-refractivity contribution in [2.24, 2.45) is 0 Å². The van der Waals surface area contributed by atoms with E-state index in [1.54, 1.807) is 7.11 Å². The van der Waals surface area contributed by atoms with Crippen LogP contribution in [0, 0.1) is 0 Å². The third-order valence-corrected chi connectivity index (χ3v) is 3.68. The van der Waals surface area contributed by atoms with E-state index in [1.165, 1.54) is 0 Å². The van der Waals surface area contributed by atoms with Gasteiger partial charge >= 0.3 is 0 Å². The van der Waals surface area contributed by atoms with Gasteiger partial charge in [0.2, 0.25) is 0 Å². The Bertz CT molecular complexity index is 568. The third kappa shape index (κ3) is 3.14. The van der Waals surface area contributed by atoms with E-state index in [0.717, 1.165) is 30.1 Å². The minimum atomic E-state index is 0.134. The first kappa shape index (κ1) is 14.9. The van der Waals surface area contributed by atoms with Gasteiger partial charge in [-0.25, -0.2) is 4.98 Å². The Kier molecular flexibility index (Phi) is 5.04. The van der Waals surface area contributed by atoms with Crippen molar-refractivity contribution >= 4 is 11.6 Å². The summed E-state index contributed by atoms with van der Waals surface area (Å²) in [6.07, 6.45) is 4.64. The molecule has 1 unspecified atom stereocenters. The molecule has 1 N–H and O–H groups in total. The van der Waals surface area contributed by atoms with E-state index in [0.29, 0.717) is 5.02 Å². The van der Waals surface area contributed by atoms with E-state index in [9.17, 15) is 0 Å². The molecule has 0 aliphatic rings. The average Bonchev–Trinajstić information content (AvgIpc) is 2.92. The van der Waals surface area contributed by atoms with E-state index in [2.05, 4.69) is 21.8 Å². The smallest absolute Gasteiger partial charge is 0.125 e. The van der Waals surface area contributed by atoms with Gasteiger partial charge in [0, 0.05) is 42.0 Å². The Labute approximate surface area is 124 Å². The molecule has 0 spiro atoms. The molecule has 108 valence electrons. The van der Waals surface area contributed by atoms with Gasteiger partial charge in [0.05, 0.1) is 7.11 Å². The van der Waals surface area contributed by atoms with Crippen molar-refractivity contribution in [2.75, 3.05) is 14.2 Å². The number of likely N-dealkylation sites (N-methyl/N-ethyl adjacent to an activating group) is 1. The number of ether oxygens (including phenoxy) is 1. The first-order chi connectivity index (χ1) is 9.69. The minimum Gasteiger partial charge on any atom is -0.496 e. The first-order valence-electron chi connectivity index (χ1n) is 6.70. The fourth-order valence-corrected chi connectivity index (χ4v) is 2.50. The van der Waals surface area contributed by atoms with Crippen LogP contribution in [0.5, 0.6) is 5.75 Å². The highest BCUT2D eigenvalue weighted by Crippen LogP contribution is 2.29. The number of nitrogens with one attached hydrogen (secondary N) is 1. The maximum Gasteiger partial charge on any atom is 0.125 e. The number of imidazole rings is 1. The van der Waals surface area contributed by atoms with E-state index in [1.807, 2.05) is 37.6 Å². The van der Waals surface area contributed by atoms with E-state index in [4.69, 9.17) is 16.3 Å². The number of nitrogens with zero attached hydrogens (tertiary/aromatic N) is 2. The number of methoxy groups -OCH3 is 1. The number of aromatic nitrogens is 2. The molecular formula is C15H20ClN3O. The van der Waals surface area contributed by atoms with Crippen LogP contribution < -0.4 is 10.1 Å². The lowest BCUT2D eigenvalue weighted by Crippen LogP contribution is -2.21. The lowest BCUT2D eigenvalue weighted by atomic mass is 10.0. The van der Waals surface area contributed by atoms with Gasteiger partial charge in [0.1, 0.15) is 11.6 Å². The zero-order valence-corrected chi connectivity index (χ0v) is 12.8. The van der Waals surface area contributed by atoms with Gasteiger partial charge in [-0.3, -0.25) is 0 Å². The maximum atomic E-state index is 6.02. The number of rotatable bonds is 6. The summed E-state index contributed by atoms with van der Waals surface area (Å²) in [7, 11) is 3.60. The minimum absolute atomic E-state index is 0.134. The van der Waals surface area contributed by atoms with Gasteiger partial charge in [-0.2, -0.15) is 0 Å². The van der Waals surface area contributed by atoms with E-state index >= 15 is 0 Å². The standard InChI is InChI=1S/C15H20ClN3O/c1-4-19-8-7-18-15(19)10-13(17-2)12-6-5-11(16)9-14(12)20-3/h5-9,13,17H,4,10H2,1-3H3. The highest BCUT2D eigenvalue weighted by Gasteiger charge is 2.17. The van der Waals surface area contributed by atoms with Crippen molar-refractivity contribution in [2.45, 2.75) is 25.9 Å². The van der Waals surface area contributed by atoms with Gasteiger partial charge in [0.25, 0.3) is 0 Å². The molecule has 0 radical (unpaired) electrons. The first-order valence-corrected chi connectivity index (χ1v) is 7.08. The van der Waals surface area contributed by atoms with Crippen molar-refractivity contribution in [3.05, 3.63) is 47.0 Å². The van der Waals surface area contributed by atoms with Crippen molar-refractivity contribution in [1.29, 1.82) is 0 Å². The van der Waals surface area contributed by atoms with Crippen LogP contribution in [0.1, 0.15) is 24.4 Å². The Morgan fingerprint density at radius 1 is 1.45 bits per heavy atom. The normalized spacial score (nSPS) is 12.4. The highest BCUT2D eigenvalue weighted by atomic mass is 35.5. The number of aryl methyl sites for hydroxylation is 1. The van der Waals surface area contributed by atoms with Crippen LogP contribution >= 0.6 is 11.6 Å². The molecule has 0 aliphatic carbocycles. The second-order valence-electron chi connectivity index (χ2n) is 4.56. The Hall–Kier alpha value is -1.52. The lowest BCUT2D eigenvalue weighted by molar-refractivity contribution is 0.400. The number of hydrogen-bond acceptors (Lipinski definition) is 3. The van der Waals surface area contributed by atoms with Gasteiger partial charge in [-0.1, -0.05) is 17.7 Å². The predicted octanol–water partition coefficient (Wildman–Crippen LogP) is 3.07. The number of halogens is 1. The topological polar surface area (TPSA) is 39.1 Å². The molecule has 2 aromatic rings. The summed E-state index contributed by atoms with van der Waals surface area (Å²) >= 11 is 6.02. The Morgan fingerprint density at radius 2 is 2.25 bits per heavy atom.